The van der Waals surface area contributed by atoms with Crippen molar-refractivity contribution in [2.75, 3.05) is 13.1 Å². The molecule has 0 fully saturated rings. The van der Waals surface area contributed by atoms with Gasteiger partial charge in [-0.1, -0.05) is 48.5 Å². The molecule has 1 atom stereocenters. The Kier molecular flexibility index (Phi) is 3.86. The van der Waals surface area contributed by atoms with E-state index in [0.717, 1.165) is 30.6 Å². The minimum absolute atomic E-state index is 0.401. The number of hydrogen-bond donors (Lipinski definition) is 1. The van der Waals surface area contributed by atoms with Crippen LogP contribution in [-0.2, 0) is 13.0 Å². The molecule has 1 aliphatic heterocycles. The lowest BCUT2D eigenvalue weighted by Crippen LogP contribution is -2.34. The zero-order valence-corrected chi connectivity index (χ0v) is 11.9. The zero-order chi connectivity index (χ0) is 13.9. The van der Waals surface area contributed by atoms with Crippen LogP contribution in [0.1, 0.15) is 28.4 Å². The average Bonchev–Trinajstić information content (AvgIpc) is 2.47. The first-order chi connectivity index (χ1) is 9.74. The Morgan fingerprint density at radius 1 is 1.05 bits per heavy atom. The molecule has 0 amide bonds. The monoisotopic (exact) mass is 267 g/mol. The minimum atomic E-state index is -0.401. The van der Waals surface area contributed by atoms with Gasteiger partial charge in [-0.05, 0) is 35.6 Å². The van der Waals surface area contributed by atoms with Crippen molar-refractivity contribution in [3.05, 3.63) is 70.8 Å². The van der Waals surface area contributed by atoms with Crippen LogP contribution >= 0.6 is 0 Å². The van der Waals surface area contributed by atoms with Crippen LogP contribution in [0.25, 0.3) is 0 Å². The number of benzene rings is 2. The number of fused-ring (bicyclic) bond motifs is 1. The van der Waals surface area contributed by atoms with Gasteiger partial charge in [0.2, 0.25) is 0 Å². The number of aryl methyl sites for hydroxylation is 1. The molecular formula is C18H21NO. The molecule has 0 bridgehead atoms. The molecule has 104 valence electrons. The van der Waals surface area contributed by atoms with Crippen molar-refractivity contribution in [3.8, 4) is 0 Å². The van der Waals surface area contributed by atoms with Gasteiger partial charge >= 0.3 is 0 Å². The van der Waals surface area contributed by atoms with Crippen molar-refractivity contribution in [1.82, 2.24) is 4.90 Å². The van der Waals surface area contributed by atoms with Crippen LogP contribution in [0.4, 0.5) is 0 Å². The summed E-state index contributed by atoms with van der Waals surface area (Å²) in [7, 11) is 0. The zero-order valence-electron chi connectivity index (χ0n) is 11.9. The number of rotatable bonds is 3. The van der Waals surface area contributed by atoms with Gasteiger partial charge in [-0.25, -0.2) is 0 Å². The molecule has 0 saturated heterocycles. The number of aliphatic hydroxyl groups excluding tert-OH is 1. The highest BCUT2D eigenvalue weighted by molar-refractivity contribution is 5.30. The lowest BCUT2D eigenvalue weighted by Gasteiger charge is -2.30. The normalized spacial score (nSPS) is 16.7. The lowest BCUT2D eigenvalue weighted by atomic mass is 9.98. The van der Waals surface area contributed by atoms with Gasteiger partial charge in [0.05, 0.1) is 6.10 Å². The molecule has 0 aromatic heterocycles. The molecular weight excluding hydrogens is 246 g/mol. The van der Waals surface area contributed by atoms with Gasteiger partial charge in [0.25, 0.3) is 0 Å². The van der Waals surface area contributed by atoms with Gasteiger partial charge in [-0.15, -0.1) is 0 Å². The standard InChI is InChI=1S/C18H21NO/c1-14-6-2-5-9-17(14)18(20)13-19-11-10-15-7-3-4-8-16(15)12-19/h2-9,18,20H,10-13H2,1H3. The van der Waals surface area contributed by atoms with E-state index >= 15 is 0 Å². The van der Waals surface area contributed by atoms with E-state index in [2.05, 4.69) is 42.2 Å². The van der Waals surface area contributed by atoms with E-state index in [1.165, 1.54) is 11.1 Å². The second kappa shape index (κ2) is 5.78. The molecule has 0 spiro atoms. The Morgan fingerprint density at radius 3 is 2.55 bits per heavy atom. The molecule has 1 N–H and O–H groups in total. The molecule has 2 aromatic rings. The molecule has 1 heterocycles. The highest BCUT2D eigenvalue weighted by atomic mass is 16.3. The third kappa shape index (κ3) is 2.77. The number of aliphatic hydroxyl groups is 1. The quantitative estimate of drug-likeness (QED) is 0.923. The molecule has 1 aliphatic rings. The van der Waals surface area contributed by atoms with E-state index in [1.807, 2.05) is 18.2 Å². The first kappa shape index (κ1) is 13.3. The second-order valence-corrected chi connectivity index (χ2v) is 5.63. The Morgan fingerprint density at radius 2 is 1.75 bits per heavy atom. The summed E-state index contributed by atoms with van der Waals surface area (Å²) in [4.78, 5) is 2.35. The van der Waals surface area contributed by atoms with Crippen molar-refractivity contribution in [1.29, 1.82) is 0 Å². The van der Waals surface area contributed by atoms with E-state index in [0.29, 0.717) is 6.54 Å². The largest absolute Gasteiger partial charge is 0.387 e. The van der Waals surface area contributed by atoms with Gasteiger partial charge in [0.15, 0.2) is 0 Å². The summed E-state index contributed by atoms with van der Waals surface area (Å²) >= 11 is 0. The van der Waals surface area contributed by atoms with Crippen LogP contribution in [0.5, 0.6) is 0 Å². The topological polar surface area (TPSA) is 23.5 Å². The predicted octanol–water partition coefficient (Wildman–Crippen LogP) is 3.09. The van der Waals surface area contributed by atoms with Crippen LogP contribution < -0.4 is 0 Å². The fraction of sp³-hybridized carbons (Fsp3) is 0.333. The Hall–Kier alpha value is -1.64. The van der Waals surface area contributed by atoms with Gasteiger partial charge in [-0.2, -0.15) is 0 Å². The summed E-state index contributed by atoms with van der Waals surface area (Å²) in [6.45, 7) is 4.74. The molecule has 2 nitrogen and oxygen atoms in total. The van der Waals surface area contributed by atoms with Gasteiger partial charge < -0.3 is 5.11 Å². The number of β-amino-alcohol motifs (C(OH)–C–C–N with tert-alkyl or cyclic N) is 1. The SMILES string of the molecule is Cc1ccccc1C(O)CN1CCc2ccccc2C1. The van der Waals surface area contributed by atoms with Crippen LogP contribution in [0.15, 0.2) is 48.5 Å². The summed E-state index contributed by atoms with van der Waals surface area (Å²) in [5.74, 6) is 0. The maximum Gasteiger partial charge on any atom is 0.0919 e. The Labute approximate surface area is 120 Å². The van der Waals surface area contributed by atoms with E-state index in [-0.39, 0.29) is 0 Å². The Balaban J connectivity index is 1.69. The summed E-state index contributed by atoms with van der Waals surface area (Å²) in [6.07, 6.45) is 0.679. The summed E-state index contributed by atoms with van der Waals surface area (Å²) in [6, 6.07) is 16.7. The average molecular weight is 267 g/mol. The molecule has 3 rings (SSSR count). The summed E-state index contributed by atoms with van der Waals surface area (Å²) in [5.41, 5.74) is 5.06. The van der Waals surface area contributed by atoms with E-state index in [9.17, 15) is 5.11 Å². The number of nitrogens with zero attached hydrogens (tertiary/aromatic N) is 1. The third-order valence-corrected chi connectivity index (χ3v) is 4.19. The first-order valence-electron chi connectivity index (χ1n) is 7.27. The van der Waals surface area contributed by atoms with Crippen LogP contribution in [0.3, 0.4) is 0 Å². The highest BCUT2D eigenvalue weighted by Crippen LogP contribution is 2.23. The minimum Gasteiger partial charge on any atom is -0.387 e. The van der Waals surface area contributed by atoms with Crippen molar-refractivity contribution < 1.29 is 5.11 Å². The van der Waals surface area contributed by atoms with E-state index < -0.39 is 6.10 Å². The maximum absolute atomic E-state index is 10.5. The van der Waals surface area contributed by atoms with Crippen molar-refractivity contribution in [2.45, 2.75) is 26.0 Å². The molecule has 2 aromatic carbocycles. The van der Waals surface area contributed by atoms with Crippen molar-refractivity contribution in [3.63, 3.8) is 0 Å². The van der Waals surface area contributed by atoms with E-state index in [4.69, 9.17) is 0 Å². The molecule has 0 radical (unpaired) electrons. The highest BCUT2D eigenvalue weighted by Gasteiger charge is 2.19. The van der Waals surface area contributed by atoms with Crippen LogP contribution in [0, 0.1) is 6.92 Å². The van der Waals surface area contributed by atoms with Crippen molar-refractivity contribution >= 4 is 0 Å². The fourth-order valence-corrected chi connectivity index (χ4v) is 3.01. The summed E-state index contributed by atoms with van der Waals surface area (Å²) in [5, 5.41) is 10.5. The number of hydrogen-bond acceptors (Lipinski definition) is 2. The maximum atomic E-state index is 10.5. The first-order valence-corrected chi connectivity index (χ1v) is 7.27. The fourth-order valence-electron chi connectivity index (χ4n) is 3.01. The van der Waals surface area contributed by atoms with E-state index in [1.54, 1.807) is 0 Å². The lowest BCUT2D eigenvalue weighted by molar-refractivity contribution is 0.105. The molecule has 20 heavy (non-hydrogen) atoms. The van der Waals surface area contributed by atoms with Crippen molar-refractivity contribution in [2.24, 2.45) is 0 Å². The smallest absolute Gasteiger partial charge is 0.0919 e. The van der Waals surface area contributed by atoms with Crippen LogP contribution in [0.2, 0.25) is 0 Å². The molecule has 0 saturated carbocycles. The summed E-state index contributed by atoms with van der Waals surface area (Å²) < 4.78 is 0. The molecule has 2 heteroatoms. The van der Waals surface area contributed by atoms with Gasteiger partial charge in [0.1, 0.15) is 0 Å². The third-order valence-electron chi connectivity index (χ3n) is 4.19. The van der Waals surface area contributed by atoms with Gasteiger partial charge in [0, 0.05) is 19.6 Å². The second-order valence-electron chi connectivity index (χ2n) is 5.63. The van der Waals surface area contributed by atoms with Gasteiger partial charge in [-0.3, -0.25) is 4.90 Å². The molecule has 1 unspecified atom stereocenters. The molecule has 0 aliphatic carbocycles. The Bertz CT molecular complexity index is 593. The van der Waals surface area contributed by atoms with Crippen LogP contribution in [-0.4, -0.2) is 23.1 Å². The predicted molar refractivity (Wildman–Crippen MR) is 81.6 cm³/mol.